The van der Waals surface area contributed by atoms with Gasteiger partial charge in [0.2, 0.25) is 0 Å². The van der Waals surface area contributed by atoms with Crippen molar-refractivity contribution in [3.8, 4) is 0 Å². The molecular weight excluding hydrogens is 257 g/mol. The van der Waals surface area contributed by atoms with Crippen molar-refractivity contribution in [3.05, 3.63) is 29.1 Å². The second-order valence-corrected chi connectivity index (χ2v) is 5.64. The molecule has 1 amide bonds. The van der Waals surface area contributed by atoms with E-state index in [2.05, 4.69) is 4.90 Å². The number of likely N-dealkylation sites (N-methyl/N-ethyl adjacent to an activating group) is 1. The Balaban J connectivity index is 2.26. The molecule has 1 saturated heterocycles. The summed E-state index contributed by atoms with van der Waals surface area (Å²) in [6.45, 7) is 6.13. The van der Waals surface area contributed by atoms with Crippen molar-refractivity contribution in [3.63, 3.8) is 0 Å². The molecule has 110 valence electrons. The smallest absolute Gasteiger partial charge is 0.254 e. The molecule has 0 spiro atoms. The Kier molecular flexibility index (Phi) is 4.28. The van der Waals surface area contributed by atoms with Crippen LogP contribution in [0.5, 0.6) is 0 Å². The predicted octanol–water partition coefficient (Wildman–Crippen LogP) is 1.88. The largest absolute Gasteiger partial charge is 0.398 e. The molecule has 0 aliphatic carbocycles. The number of hydrogen-bond donors (Lipinski definition) is 1. The van der Waals surface area contributed by atoms with Gasteiger partial charge in [0.25, 0.3) is 5.91 Å². The van der Waals surface area contributed by atoms with Crippen molar-refractivity contribution in [1.82, 2.24) is 9.80 Å². The van der Waals surface area contributed by atoms with Gasteiger partial charge in [0.15, 0.2) is 0 Å². The summed E-state index contributed by atoms with van der Waals surface area (Å²) in [5.74, 6) is -0.564. The van der Waals surface area contributed by atoms with E-state index in [0.717, 1.165) is 19.5 Å². The first-order valence-electron chi connectivity index (χ1n) is 6.95. The Morgan fingerprint density at radius 2 is 2.10 bits per heavy atom. The van der Waals surface area contributed by atoms with Gasteiger partial charge in [-0.1, -0.05) is 0 Å². The summed E-state index contributed by atoms with van der Waals surface area (Å²) in [6.07, 6.45) is 0.927. The number of benzene rings is 1. The number of halogens is 1. The second-order valence-electron chi connectivity index (χ2n) is 5.64. The lowest BCUT2D eigenvalue weighted by atomic mass is 10.1. The Morgan fingerprint density at radius 1 is 1.40 bits per heavy atom. The van der Waals surface area contributed by atoms with Crippen molar-refractivity contribution >= 4 is 11.6 Å². The Labute approximate surface area is 119 Å². The predicted molar refractivity (Wildman–Crippen MR) is 78.2 cm³/mol. The summed E-state index contributed by atoms with van der Waals surface area (Å²) < 4.78 is 13.7. The van der Waals surface area contributed by atoms with Crippen LogP contribution >= 0.6 is 0 Å². The van der Waals surface area contributed by atoms with Gasteiger partial charge in [-0.25, -0.2) is 4.39 Å². The number of nitrogen functional groups attached to an aromatic ring is 1. The normalized spacial score (nSPS) is 20.8. The summed E-state index contributed by atoms with van der Waals surface area (Å²) >= 11 is 0. The molecule has 1 aromatic rings. The van der Waals surface area contributed by atoms with Gasteiger partial charge in [0, 0.05) is 35.9 Å². The summed E-state index contributed by atoms with van der Waals surface area (Å²) in [5.41, 5.74) is 6.81. The van der Waals surface area contributed by atoms with Crippen LogP contribution in [-0.2, 0) is 0 Å². The topological polar surface area (TPSA) is 49.6 Å². The zero-order chi connectivity index (χ0) is 14.9. The molecule has 2 rings (SSSR count). The summed E-state index contributed by atoms with van der Waals surface area (Å²) in [6, 6.07) is 2.97. The molecule has 20 heavy (non-hydrogen) atoms. The number of hydrogen-bond acceptors (Lipinski definition) is 3. The van der Waals surface area contributed by atoms with Crippen LogP contribution < -0.4 is 5.73 Å². The lowest BCUT2D eigenvalue weighted by Gasteiger charge is -2.28. The molecule has 1 unspecified atom stereocenters. The van der Waals surface area contributed by atoms with Gasteiger partial charge in [-0.15, -0.1) is 0 Å². The highest BCUT2D eigenvalue weighted by Gasteiger charge is 2.25. The van der Waals surface area contributed by atoms with Crippen LogP contribution in [0.2, 0.25) is 0 Å². The number of nitrogens with two attached hydrogens (primary N) is 1. The summed E-state index contributed by atoms with van der Waals surface area (Å²) in [4.78, 5) is 16.6. The van der Waals surface area contributed by atoms with Crippen molar-refractivity contribution in [2.75, 3.05) is 32.4 Å². The summed E-state index contributed by atoms with van der Waals surface area (Å²) in [7, 11) is 2.05. The average molecular weight is 279 g/mol. The number of anilines is 1. The maximum Gasteiger partial charge on any atom is 0.254 e. The third-order valence-corrected chi connectivity index (χ3v) is 3.94. The molecule has 0 bridgehead atoms. The minimum Gasteiger partial charge on any atom is -0.398 e. The molecule has 4 nitrogen and oxygen atoms in total. The minimum atomic E-state index is -0.423. The number of amides is 1. The van der Waals surface area contributed by atoms with Gasteiger partial charge in [-0.3, -0.25) is 4.79 Å². The Morgan fingerprint density at radius 3 is 2.75 bits per heavy atom. The Bertz CT molecular complexity index is 495. The third kappa shape index (κ3) is 2.93. The molecule has 0 radical (unpaired) electrons. The van der Waals surface area contributed by atoms with Crippen molar-refractivity contribution in [1.29, 1.82) is 0 Å². The van der Waals surface area contributed by atoms with E-state index in [-0.39, 0.29) is 11.9 Å². The van der Waals surface area contributed by atoms with Crippen LogP contribution in [0.3, 0.4) is 0 Å². The van der Waals surface area contributed by atoms with Gasteiger partial charge in [0.1, 0.15) is 5.82 Å². The van der Waals surface area contributed by atoms with Crippen molar-refractivity contribution in [2.45, 2.75) is 26.3 Å². The standard InChI is InChI=1S/C15H22FN3O/c1-10-9-18(3)5-4-6-19(10)15(20)12-7-13(16)11(2)14(17)8-12/h7-8,10H,4-6,9,17H2,1-3H3. The molecular formula is C15H22FN3O. The van der Waals surface area contributed by atoms with Gasteiger partial charge >= 0.3 is 0 Å². The molecule has 2 N–H and O–H groups in total. The SMILES string of the molecule is Cc1c(N)cc(C(=O)N2CCCN(C)CC2C)cc1F. The molecule has 1 fully saturated rings. The molecule has 1 aliphatic heterocycles. The molecule has 0 aromatic heterocycles. The highest BCUT2D eigenvalue weighted by atomic mass is 19.1. The first kappa shape index (κ1) is 14.8. The van der Waals surface area contributed by atoms with E-state index in [1.165, 1.54) is 6.07 Å². The van der Waals surface area contributed by atoms with Gasteiger partial charge in [-0.05, 0) is 46.0 Å². The number of carbonyl (C=O) groups is 1. The number of carbonyl (C=O) groups excluding carboxylic acids is 1. The van der Waals surface area contributed by atoms with E-state index in [4.69, 9.17) is 5.73 Å². The average Bonchev–Trinajstić information content (AvgIpc) is 2.55. The van der Waals surface area contributed by atoms with E-state index >= 15 is 0 Å². The monoisotopic (exact) mass is 279 g/mol. The van der Waals surface area contributed by atoms with Crippen LogP contribution in [0.15, 0.2) is 12.1 Å². The molecule has 1 aliphatic rings. The number of nitrogens with zero attached hydrogens (tertiary/aromatic N) is 2. The highest BCUT2D eigenvalue weighted by molar-refractivity contribution is 5.95. The van der Waals surface area contributed by atoms with E-state index in [9.17, 15) is 9.18 Å². The number of rotatable bonds is 1. The highest BCUT2D eigenvalue weighted by Crippen LogP contribution is 2.20. The molecule has 1 atom stereocenters. The van der Waals surface area contributed by atoms with Crippen molar-refractivity contribution in [2.24, 2.45) is 0 Å². The molecule has 1 heterocycles. The molecule has 5 heteroatoms. The zero-order valence-electron chi connectivity index (χ0n) is 12.3. The van der Waals surface area contributed by atoms with Gasteiger partial charge < -0.3 is 15.5 Å². The fourth-order valence-electron chi connectivity index (χ4n) is 2.66. The fourth-order valence-corrected chi connectivity index (χ4v) is 2.66. The summed E-state index contributed by atoms with van der Waals surface area (Å²) in [5, 5.41) is 0. The first-order chi connectivity index (χ1) is 9.40. The van der Waals surface area contributed by atoms with Crippen LogP contribution in [-0.4, -0.2) is 48.4 Å². The van der Waals surface area contributed by atoms with E-state index in [0.29, 0.717) is 23.4 Å². The lowest BCUT2D eigenvalue weighted by molar-refractivity contribution is 0.0696. The fraction of sp³-hybridized carbons (Fsp3) is 0.533. The third-order valence-electron chi connectivity index (χ3n) is 3.94. The van der Waals surface area contributed by atoms with Gasteiger partial charge in [-0.2, -0.15) is 0 Å². The maximum atomic E-state index is 13.7. The van der Waals surface area contributed by atoms with Crippen LogP contribution in [0.25, 0.3) is 0 Å². The molecule has 0 saturated carbocycles. The Hall–Kier alpha value is -1.62. The van der Waals surface area contributed by atoms with Crippen LogP contribution in [0, 0.1) is 12.7 Å². The van der Waals surface area contributed by atoms with E-state index < -0.39 is 5.82 Å². The second kappa shape index (κ2) is 5.79. The first-order valence-corrected chi connectivity index (χ1v) is 6.95. The molecule has 1 aromatic carbocycles. The van der Waals surface area contributed by atoms with Crippen molar-refractivity contribution < 1.29 is 9.18 Å². The minimum absolute atomic E-state index is 0.112. The van der Waals surface area contributed by atoms with Crippen LogP contribution in [0.1, 0.15) is 29.3 Å². The lowest BCUT2D eigenvalue weighted by Crippen LogP contribution is -2.42. The quantitative estimate of drug-likeness (QED) is 0.799. The zero-order valence-corrected chi connectivity index (χ0v) is 12.3. The van der Waals surface area contributed by atoms with Gasteiger partial charge in [0.05, 0.1) is 0 Å². The van der Waals surface area contributed by atoms with E-state index in [1.807, 2.05) is 18.9 Å². The van der Waals surface area contributed by atoms with Crippen LogP contribution in [0.4, 0.5) is 10.1 Å². The van der Waals surface area contributed by atoms with E-state index in [1.54, 1.807) is 13.0 Å². The maximum absolute atomic E-state index is 13.7.